The van der Waals surface area contributed by atoms with Gasteiger partial charge in [-0.05, 0) is 44.0 Å². The molecule has 142 valence electrons. The van der Waals surface area contributed by atoms with Gasteiger partial charge in [-0.2, -0.15) is 0 Å². The van der Waals surface area contributed by atoms with Crippen LogP contribution in [-0.2, 0) is 0 Å². The first kappa shape index (κ1) is 17.9. The molecule has 2 N–H and O–H groups in total. The van der Waals surface area contributed by atoms with Crippen molar-refractivity contribution in [2.45, 2.75) is 25.8 Å². The zero-order chi connectivity index (χ0) is 18.8. The standard InChI is InChI=1S/C21H28N6/c1-15-9-17(10-15)23-13-16(12-22)21-14-24-19-4-3-18(11-20(19)25-21)27-7-5-26(2)6-8-27/h3-4,11-15,17H,5-10,22H2,1-2H3. The number of benzene rings is 1. The minimum atomic E-state index is 0.423. The highest BCUT2D eigenvalue weighted by molar-refractivity contribution is 6.09. The molecule has 0 amide bonds. The summed E-state index contributed by atoms with van der Waals surface area (Å²) in [5, 5.41) is 0. The Bertz CT molecular complexity index is 860. The lowest BCUT2D eigenvalue weighted by Crippen LogP contribution is -2.44. The van der Waals surface area contributed by atoms with Gasteiger partial charge < -0.3 is 15.5 Å². The second-order valence-electron chi connectivity index (χ2n) is 7.85. The van der Waals surface area contributed by atoms with Gasteiger partial charge in [-0.3, -0.25) is 9.98 Å². The van der Waals surface area contributed by atoms with Gasteiger partial charge in [0.05, 0.1) is 29.0 Å². The first-order chi connectivity index (χ1) is 13.1. The van der Waals surface area contributed by atoms with Gasteiger partial charge in [0.15, 0.2) is 0 Å². The van der Waals surface area contributed by atoms with Crippen molar-refractivity contribution in [1.29, 1.82) is 0 Å². The van der Waals surface area contributed by atoms with Crippen molar-refractivity contribution in [3.63, 3.8) is 0 Å². The fraction of sp³-hybridized carbons (Fsp3) is 0.476. The highest BCUT2D eigenvalue weighted by Crippen LogP contribution is 2.29. The largest absolute Gasteiger partial charge is 0.404 e. The summed E-state index contributed by atoms with van der Waals surface area (Å²) < 4.78 is 0. The van der Waals surface area contributed by atoms with E-state index in [1.807, 2.05) is 6.21 Å². The highest BCUT2D eigenvalue weighted by atomic mass is 15.2. The van der Waals surface area contributed by atoms with E-state index in [1.165, 1.54) is 5.69 Å². The van der Waals surface area contributed by atoms with Gasteiger partial charge in [-0.1, -0.05) is 6.92 Å². The van der Waals surface area contributed by atoms with E-state index < -0.39 is 0 Å². The number of rotatable bonds is 4. The van der Waals surface area contributed by atoms with Gasteiger partial charge >= 0.3 is 0 Å². The number of hydrogen-bond acceptors (Lipinski definition) is 6. The third-order valence-electron chi connectivity index (χ3n) is 5.64. The molecule has 6 nitrogen and oxygen atoms in total. The fourth-order valence-corrected chi connectivity index (χ4v) is 3.76. The van der Waals surface area contributed by atoms with E-state index >= 15 is 0 Å². The van der Waals surface area contributed by atoms with Crippen molar-refractivity contribution < 1.29 is 0 Å². The van der Waals surface area contributed by atoms with Crippen LogP contribution in [0.15, 0.2) is 35.6 Å². The number of nitrogens with two attached hydrogens (primary N) is 1. The third kappa shape index (κ3) is 3.95. The number of anilines is 1. The molecule has 0 atom stereocenters. The molecule has 1 saturated heterocycles. The van der Waals surface area contributed by atoms with Crippen molar-refractivity contribution in [3.05, 3.63) is 36.3 Å². The van der Waals surface area contributed by atoms with E-state index in [4.69, 9.17) is 10.7 Å². The van der Waals surface area contributed by atoms with Crippen LogP contribution in [0.3, 0.4) is 0 Å². The molecular formula is C21H28N6. The molecule has 2 aliphatic rings. The Kier molecular flexibility index (Phi) is 5.07. The summed E-state index contributed by atoms with van der Waals surface area (Å²) in [6.45, 7) is 6.50. The second kappa shape index (κ2) is 7.64. The quantitative estimate of drug-likeness (QED) is 0.844. The van der Waals surface area contributed by atoms with Crippen LogP contribution in [0.1, 0.15) is 25.5 Å². The van der Waals surface area contributed by atoms with Gasteiger partial charge in [0.25, 0.3) is 0 Å². The van der Waals surface area contributed by atoms with Crippen LogP contribution in [-0.4, -0.2) is 60.4 Å². The predicted molar refractivity (Wildman–Crippen MR) is 112 cm³/mol. The summed E-state index contributed by atoms with van der Waals surface area (Å²) in [6.07, 6.45) is 7.53. The van der Waals surface area contributed by atoms with E-state index in [0.29, 0.717) is 6.04 Å². The SMILES string of the molecule is CC1CC(N=CC(=CN)c2cnc3ccc(N4CCN(C)CC4)cc3n2)C1. The summed E-state index contributed by atoms with van der Waals surface area (Å²) in [6, 6.07) is 6.75. The van der Waals surface area contributed by atoms with Crippen LogP contribution >= 0.6 is 0 Å². The molecular weight excluding hydrogens is 336 g/mol. The normalized spacial score (nSPS) is 24.5. The van der Waals surface area contributed by atoms with Gasteiger partial charge in [-0.15, -0.1) is 0 Å². The molecule has 0 unspecified atom stereocenters. The first-order valence-corrected chi connectivity index (χ1v) is 9.78. The molecule has 27 heavy (non-hydrogen) atoms. The Morgan fingerprint density at radius 2 is 1.96 bits per heavy atom. The topological polar surface area (TPSA) is 70.6 Å². The molecule has 0 radical (unpaired) electrons. The minimum Gasteiger partial charge on any atom is -0.404 e. The average Bonchev–Trinajstić information content (AvgIpc) is 2.67. The van der Waals surface area contributed by atoms with Crippen LogP contribution in [0.5, 0.6) is 0 Å². The van der Waals surface area contributed by atoms with Crippen molar-refractivity contribution >= 4 is 28.5 Å². The molecule has 1 saturated carbocycles. The van der Waals surface area contributed by atoms with Crippen molar-refractivity contribution in [2.75, 3.05) is 38.1 Å². The van der Waals surface area contributed by atoms with Crippen LogP contribution in [0.25, 0.3) is 16.6 Å². The van der Waals surface area contributed by atoms with Crippen molar-refractivity contribution in [1.82, 2.24) is 14.9 Å². The number of aromatic nitrogens is 2. The van der Waals surface area contributed by atoms with Gasteiger partial charge in [0.2, 0.25) is 0 Å². The Morgan fingerprint density at radius 1 is 1.19 bits per heavy atom. The number of aliphatic imine (C=N–C) groups is 1. The van der Waals surface area contributed by atoms with E-state index in [9.17, 15) is 0 Å². The number of fused-ring (bicyclic) bond motifs is 1. The van der Waals surface area contributed by atoms with Crippen LogP contribution < -0.4 is 10.6 Å². The third-order valence-corrected chi connectivity index (χ3v) is 5.64. The lowest BCUT2D eigenvalue weighted by atomic mass is 9.82. The van der Waals surface area contributed by atoms with Crippen LogP contribution in [0, 0.1) is 5.92 Å². The number of likely N-dealkylation sites (N-methyl/N-ethyl adjacent to an activating group) is 1. The second-order valence-corrected chi connectivity index (χ2v) is 7.85. The summed E-state index contributed by atoms with van der Waals surface area (Å²) >= 11 is 0. The number of hydrogen-bond donors (Lipinski definition) is 1. The van der Waals surface area contributed by atoms with E-state index in [-0.39, 0.29) is 0 Å². The molecule has 2 heterocycles. The highest BCUT2D eigenvalue weighted by Gasteiger charge is 2.24. The predicted octanol–water partition coefficient (Wildman–Crippen LogP) is 2.55. The molecule has 1 aromatic carbocycles. The molecule has 4 rings (SSSR count). The van der Waals surface area contributed by atoms with Gasteiger partial charge in [-0.25, -0.2) is 4.98 Å². The smallest absolute Gasteiger partial charge is 0.0922 e. The Hall–Kier alpha value is -2.47. The lowest BCUT2D eigenvalue weighted by molar-refractivity contribution is 0.293. The lowest BCUT2D eigenvalue weighted by Gasteiger charge is -2.34. The first-order valence-electron chi connectivity index (χ1n) is 9.78. The summed E-state index contributed by atoms with van der Waals surface area (Å²) in [7, 11) is 2.17. The maximum absolute atomic E-state index is 5.85. The molecule has 2 aromatic rings. The average molecular weight is 364 g/mol. The Morgan fingerprint density at radius 3 is 2.67 bits per heavy atom. The zero-order valence-corrected chi connectivity index (χ0v) is 16.2. The van der Waals surface area contributed by atoms with Crippen molar-refractivity contribution in [3.8, 4) is 0 Å². The summed E-state index contributed by atoms with van der Waals surface area (Å²) in [5.41, 5.74) is 10.5. The van der Waals surface area contributed by atoms with E-state index in [2.05, 4.69) is 51.9 Å². The summed E-state index contributed by atoms with van der Waals surface area (Å²) in [4.78, 5) is 18.8. The molecule has 1 aliphatic carbocycles. The summed E-state index contributed by atoms with van der Waals surface area (Å²) in [5.74, 6) is 0.783. The maximum Gasteiger partial charge on any atom is 0.0922 e. The van der Waals surface area contributed by atoms with Crippen LogP contribution in [0.2, 0.25) is 0 Å². The number of nitrogens with zero attached hydrogens (tertiary/aromatic N) is 5. The van der Waals surface area contributed by atoms with E-state index in [1.54, 1.807) is 12.4 Å². The molecule has 1 aromatic heterocycles. The zero-order valence-electron chi connectivity index (χ0n) is 16.2. The number of allylic oxidation sites excluding steroid dienone is 1. The van der Waals surface area contributed by atoms with Gasteiger partial charge in [0.1, 0.15) is 0 Å². The van der Waals surface area contributed by atoms with E-state index in [0.717, 1.165) is 67.2 Å². The number of piperazine rings is 1. The molecule has 2 fully saturated rings. The Labute approximate surface area is 160 Å². The molecule has 0 bridgehead atoms. The maximum atomic E-state index is 5.85. The van der Waals surface area contributed by atoms with Crippen molar-refractivity contribution in [2.24, 2.45) is 16.6 Å². The fourth-order valence-electron chi connectivity index (χ4n) is 3.76. The molecule has 1 aliphatic heterocycles. The van der Waals surface area contributed by atoms with Crippen LogP contribution in [0.4, 0.5) is 5.69 Å². The van der Waals surface area contributed by atoms with Gasteiger partial charge in [0, 0.05) is 49.9 Å². The minimum absolute atomic E-state index is 0.423. The molecule has 6 heteroatoms. The monoisotopic (exact) mass is 364 g/mol. The Balaban J connectivity index is 1.56. The molecule has 0 spiro atoms.